The topological polar surface area (TPSA) is 39.2 Å². The van der Waals surface area contributed by atoms with E-state index in [1.54, 1.807) is 45.2 Å². The fraction of sp³-hybridized carbons (Fsp3) is 0.250. The first-order valence-electron chi connectivity index (χ1n) is 3.69. The van der Waals surface area contributed by atoms with Gasteiger partial charge in [-0.15, -0.1) is 0 Å². The lowest BCUT2D eigenvalue weighted by Gasteiger charge is -2.07. The van der Waals surface area contributed by atoms with Crippen molar-refractivity contribution >= 4 is 51.2 Å². The Morgan fingerprint density at radius 3 is 2.60 bits per heavy atom. The van der Waals surface area contributed by atoms with Crippen molar-refractivity contribution in [2.24, 2.45) is 0 Å². The van der Waals surface area contributed by atoms with Crippen LogP contribution in [0.5, 0.6) is 0 Å². The van der Waals surface area contributed by atoms with Crippen molar-refractivity contribution < 1.29 is 18.3 Å². The van der Waals surface area contributed by atoms with Crippen LogP contribution in [0.25, 0.3) is 0 Å². The van der Waals surface area contributed by atoms with Crippen molar-refractivity contribution in [2.45, 2.75) is 6.43 Å². The zero-order valence-electron chi connectivity index (χ0n) is 7.43. The van der Waals surface area contributed by atoms with E-state index in [1.807, 2.05) is 0 Å². The third kappa shape index (κ3) is 2.95. The van der Waals surface area contributed by atoms with Crippen LogP contribution in [0.15, 0.2) is 6.07 Å². The molecule has 0 atom stereocenters. The van der Waals surface area contributed by atoms with E-state index in [-0.39, 0.29) is 14.8 Å². The summed E-state index contributed by atoms with van der Waals surface area (Å²) in [4.78, 5) is 14.9. The normalized spacial score (nSPS) is 10.5. The Bertz CT molecular complexity index is 398. The molecule has 0 unspecified atom stereocenters. The molecule has 1 aromatic rings. The number of esters is 1. The Hall–Kier alpha value is -0.0600. The number of alkyl halides is 2. The second kappa shape index (κ2) is 5.32. The standard InChI is InChI=1S/C8H5F2I2NO2/c1-15-8(14)3-2-4(11)13-6(5(3)12)7(9)10/h2,7H,1H3. The van der Waals surface area contributed by atoms with Gasteiger partial charge >= 0.3 is 5.97 Å². The molecule has 0 fully saturated rings. The van der Waals surface area contributed by atoms with Gasteiger partial charge in [-0.05, 0) is 51.2 Å². The Balaban J connectivity index is 3.34. The van der Waals surface area contributed by atoms with Crippen LogP contribution >= 0.6 is 45.2 Å². The van der Waals surface area contributed by atoms with Crippen LogP contribution in [-0.2, 0) is 4.74 Å². The number of methoxy groups -OCH3 is 1. The number of halogens is 4. The van der Waals surface area contributed by atoms with E-state index in [1.165, 1.54) is 13.2 Å². The zero-order chi connectivity index (χ0) is 11.6. The Kier molecular flexibility index (Phi) is 4.62. The summed E-state index contributed by atoms with van der Waals surface area (Å²) >= 11 is 3.44. The number of hydrogen-bond acceptors (Lipinski definition) is 3. The van der Waals surface area contributed by atoms with Gasteiger partial charge in [-0.3, -0.25) is 0 Å². The maximum absolute atomic E-state index is 12.5. The lowest BCUT2D eigenvalue weighted by molar-refractivity contribution is 0.0598. The molecule has 1 rings (SSSR count). The van der Waals surface area contributed by atoms with Crippen molar-refractivity contribution in [2.75, 3.05) is 7.11 Å². The van der Waals surface area contributed by atoms with Crippen LogP contribution < -0.4 is 0 Å². The molecule has 0 aliphatic carbocycles. The Morgan fingerprint density at radius 1 is 1.53 bits per heavy atom. The van der Waals surface area contributed by atoms with E-state index in [9.17, 15) is 13.6 Å². The summed E-state index contributed by atoms with van der Waals surface area (Å²) in [7, 11) is 1.20. The van der Waals surface area contributed by atoms with Crippen LogP contribution in [0.4, 0.5) is 8.78 Å². The number of ether oxygens (including phenoxy) is 1. The predicted octanol–water partition coefficient (Wildman–Crippen LogP) is 3.02. The van der Waals surface area contributed by atoms with E-state index < -0.39 is 12.4 Å². The average Bonchev–Trinajstić information content (AvgIpc) is 2.19. The molecule has 0 spiro atoms. The number of rotatable bonds is 2. The van der Waals surface area contributed by atoms with Crippen molar-refractivity contribution in [1.82, 2.24) is 4.98 Å². The highest BCUT2D eigenvalue weighted by Gasteiger charge is 2.21. The summed E-state index contributed by atoms with van der Waals surface area (Å²) in [5.74, 6) is -0.637. The van der Waals surface area contributed by atoms with Crippen molar-refractivity contribution in [3.63, 3.8) is 0 Å². The number of pyridine rings is 1. The van der Waals surface area contributed by atoms with Gasteiger partial charge in [-0.25, -0.2) is 18.6 Å². The van der Waals surface area contributed by atoms with E-state index in [0.717, 1.165) is 0 Å². The fourth-order valence-electron chi connectivity index (χ4n) is 0.920. The quantitative estimate of drug-likeness (QED) is 0.405. The van der Waals surface area contributed by atoms with Gasteiger partial charge in [0.1, 0.15) is 9.39 Å². The molecule has 15 heavy (non-hydrogen) atoms. The molecule has 82 valence electrons. The number of aromatic nitrogens is 1. The molecule has 0 saturated carbocycles. The SMILES string of the molecule is COC(=O)c1cc(I)nc(C(F)F)c1I. The minimum atomic E-state index is -2.70. The summed E-state index contributed by atoms with van der Waals surface area (Å²) in [6.45, 7) is 0. The van der Waals surface area contributed by atoms with E-state index >= 15 is 0 Å². The molecule has 0 amide bonds. The number of carbonyl (C=O) groups excluding carboxylic acids is 1. The van der Waals surface area contributed by atoms with Crippen molar-refractivity contribution in [3.05, 3.63) is 24.6 Å². The molecule has 0 aromatic carbocycles. The molecular weight excluding hydrogens is 434 g/mol. The molecule has 0 aliphatic rings. The second-order valence-corrected chi connectivity index (χ2v) is 4.67. The Morgan fingerprint density at radius 2 is 2.13 bits per heavy atom. The molecule has 0 N–H and O–H groups in total. The molecule has 0 saturated heterocycles. The van der Waals surface area contributed by atoms with Gasteiger partial charge in [0, 0.05) is 0 Å². The van der Waals surface area contributed by atoms with Crippen molar-refractivity contribution in [1.29, 1.82) is 0 Å². The van der Waals surface area contributed by atoms with Crippen LogP contribution in [0.3, 0.4) is 0 Å². The highest BCUT2D eigenvalue weighted by Crippen LogP contribution is 2.26. The largest absolute Gasteiger partial charge is 0.465 e. The molecule has 3 nitrogen and oxygen atoms in total. The average molecular weight is 439 g/mol. The molecule has 7 heteroatoms. The first-order valence-corrected chi connectivity index (χ1v) is 5.85. The third-order valence-electron chi connectivity index (χ3n) is 1.56. The number of nitrogens with zero attached hydrogens (tertiary/aromatic N) is 1. The molecule has 1 aromatic heterocycles. The summed E-state index contributed by atoms with van der Waals surface area (Å²) in [5, 5.41) is 0. The van der Waals surface area contributed by atoms with Crippen LogP contribution in [0, 0.1) is 7.27 Å². The van der Waals surface area contributed by atoms with Gasteiger partial charge in [0.05, 0.1) is 16.2 Å². The predicted molar refractivity (Wildman–Crippen MR) is 66.0 cm³/mol. The lowest BCUT2D eigenvalue weighted by Crippen LogP contribution is -2.09. The number of carbonyl (C=O) groups is 1. The zero-order valence-corrected chi connectivity index (χ0v) is 11.7. The van der Waals surface area contributed by atoms with E-state index in [2.05, 4.69) is 9.72 Å². The van der Waals surface area contributed by atoms with Gasteiger partial charge in [-0.1, -0.05) is 0 Å². The smallest absolute Gasteiger partial charge is 0.339 e. The van der Waals surface area contributed by atoms with Gasteiger partial charge < -0.3 is 4.74 Å². The lowest BCUT2D eigenvalue weighted by atomic mass is 10.2. The highest BCUT2D eigenvalue weighted by atomic mass is 127. The summed E-state index contributed by atoms with van der Waals surface area (Å²) in [5.41, 5.74) is -0.268. The highest BCUT2D eigenvalue weighted by molar-refractivity contribution is 14.1. The van der Waals surface area contributed by atoms with E-state index in [0.29, 0.717) is 3.70 Å². The maximum Gasteiger partial charge on any atom is 0.339 e. The van der Waals surface area contributed by atoms with Crippen LogP contribution in [0.1, 0.15) is 22.5 Å². The van der Waals surface area contributed by atoms with Crippen LogP contribution in [0.2, 0.25) is 0 Å². The molecular formula is C8H5F2I2NO2. The Labute approximate surface area is 112 Å². The minimum absolute atomic E-state index is 0.118. The molecule has 0 bridgehead atoms. The first kappa shape index (κ1) is 13.0. The maximum atomic E-state index is 12.5. The summed E-state index contributed by atoms with van der Waals surface area (Å²) in [6, 6.07) is 1.42. The summed E-state index contributed by atoms with van der Waals surface area (Å²) < 4.78 is 30.0. The van der Waals surface area contributed by atoms with Gasteiger partial charge in [0.2, 0.25) is 0 Å². The molecule has 0 radical (unpaired) electrons. The fourth-order valence-corrected chi connectivity index (χ4v) is 2.22. The second-order valence-electron chi connectivity index (χ2n) is 2.48. The van der Waals surface area contributed by atoms with Gasteiger partial charge in [0.15, 0.2) is 0 Å². The van der Waals surface area contributed by atoms with Crippen LogP contribution in [-0.4, -0.2) is 18.1 Å². The molecule has 0 aliphatic heterocycles. The minimum Gasteiger partial charge on any atom is -0.465 e. The monoisotopic (exact) mass is 439 g/mol. The van der Waals surface area contributed by atoms with E-state index in [4.69, 9.17) is 0 Å². The third-order valence-corrected chi connectivity index (χ3v) is 3.25. The van der Waals surface area contributed by atoms with Gasteiger partial charge in [-0.2, -0.15) is 0 Å². The summed E-state index contributed by atoms with van der Waals surface area (Å²) in [6.07, 6.45) is -2.70. The van der Waals surface area contributed by atoms with Gasteiger partial charge in [0.25, 0.3) is 6.43 Å². The van der Waals surface area contributed by atoms with Crippen molar-refractivity contribution in [3.8, 4) is 0 Å². The molecule has 1 heterocycles. The number of hydrogen-bond donors (Lipinski definition) is 0. The first-order chi connectivity index (χ1) is 6.97.